The average Bonchev–Trinajstić information content (AvgIpc) is 3.01. The van der Waals surface area contributed by atoms with Gasteiger partial charge in [0.25, 0.3) is 0 Å². The van der Waals surface area contributed by atoms with Gasteiger partial charge in [0.2, 0.25) is 0 Å². The second-order valence-corrected chi connectivity index (χ2v) is 10.1. The van der Waals surface area contributed by atoms with Gasteiger partial charge in [0.05, 0.1) is 38.7 Å². The fourth-order valence-corrected chi connectivity index (χ4v) is 5.70. The van der Waals surface area contributed by atoms with Crippen molar-refractivity contribution in [2.45, 2.75) is 24.0 Å². The highest BCUT2D eigenvalue weighted by Crippen LogP contribution is 2.48. The van der Waals surface area contributed by atoms with E-state index in [9.17, 15) is 19.8 Å². The number of methoxy groups -OCH3 is 3. The predicted molar refractivity (Wildman–Crippen MR) is 152 cm³/mol. The predicted octanol–water partition coefficient (Wildman–Crippen LogP) is 5.28. The van der Waals surface area contributed by atoms with Crippen molar-refractivity contribution in [1.29, 1.82) is 0 Å². The average molecular weight is 569 g/mol. The normalized spacial score (nSPS) is 20.9. The molecule has 42 heavy (non-hydrogen) atoms. The Bertz CT molecular complexity index is 1660. The first-order valence-corrected chi connectivity index (χ1v) is 13.3. The van der Waals surface area contributed by atoms with Gasteiger partial charge in [-0.3, -0.25) is 9.59 Å². The van der Waals surface area contributed by atoms with E-state index in [1.165, 1.54) is 38.5 Å². The summed E-state index contributed by atoms with van der Waals surface area (Å²) in [6, 6.07) is 21.1. The van der Waals surface area contributed by atoms with E-state index in [0.29, 0.717) is 39.7 Å². The first-order valence-electron chi connectivity index (χ1n) is 13.3. The van der Waals surface area contributed by atoms with Gasteiger partial charge in [-0.2, -0.15) is 0 Å². The molecule has 0 saturated heterocycles. The van der Waals surface area contributed by atoms with E-state index >= 15 is 0 Å². The number of ether oxygens (including phenoxy) is 5. The van der Waals surface area contributed by atoms with E-state index in [-0.39, 0.29) is 28.6 Å². The Labute approximate surface area is 241 Å². The summed E-state index contributed by atoms with van der Waals surface area (Å²) in [6.45, 7) is 0. The Hall–Kier alpha value is -5.18. The SMILES string of the molecule is COc1ccc(C2C(=O)c3ccc(OC)cc3OC2C2Oc3cc(OC)cc(O)c3C(=O)C2c2ccc(O)cc2)cc1. The molecule has 9 nitrogen and oxygen atoms in total. The van der Waals surface area contributed by atoms with E-state index in [4.69, 9.17) is 23.7 Å². The lowest BCUT2D eigenvalue weighted by molar-refractivity contribution is 0.00755. The molecule has 0 aromatic heterocycles. The van der Waals surface area contributed by atoms with Crippen LogP contribution in [-0.2, 0) is 0 Å². The molecule has 4 atom stereocenters. The Morgan fingerprint density at radius 2 is 1.12 bits per heavy atom. The summed E-state index contributed by atoms with van der Waals surface area (Å²) >= 11 is 0. The van der Waals surface area contributed by atoms with Crippen molar-refractivity contribution in [2.24, 2.45) is 0 Å². The van der Waals surface area contributed by atoms with Crippen LogP contribution >= 0.6 is 0 Å². The standard InChI is InChI=1S/C33H28O9/c1-38-20-10-6-18(7-11-20)27-30(36)23-13-12-21(39-2)15-25(23)41-32(27)33-28(17-4-8-19(34)9-5-17)31(37)29-24(35)14-22(40-3)16-26(29)42-33/h4-16,27-28,32-35H,1-3H3. The summed E-state index contributed by atoms with van der Waals surface area (Å²) in [5.41, 5.74) is 1.53. The molecule has 0 bridgehead atoms. The monoisotopic (exact) mass is 568 g/mol. The number of carbonyl (C=O) groups is 2. The minimum Gasteiger partial charge on any atom is -0.508 e. The highest BCUT2D eigenvalue weighted by molar-refractivity contribution is 6.08. The van der Waals surface area contributed by atoms with Gasteiger partial charge in [0.15, 0.2) is 23.8 Å². The topological polar surface area (TPSA) is 121 Å². The van der Waals surface area contributed by atoms with Crippen molar-refractivity contribution in [3.8, 4) is 40.2 Å². The first-order chi connectivity index (χ1) is 20.3. The van der Waals surface area contributed by atoms with Crippen molar-refractivity contribution in [3.63, 3.8) is 0 Å². The van der Waals surface area contributed by atoms with Crippen LogP contribution in [0.2, 0.25) is 0 Å². The van der Waals surface area contributed by atoms with Gasteiger partial charge >= 0.3 is 0 Å². The molecule has 6 rings (SSSR count). The number of Topliss-reactive ketones (excluding diaryl/α,β-unsaturated/α-hetero) is 2. The Kier molecular flexibility index (Phi) is 6.86. The zero-order chi connectivity index (χ0) is 29.5. The Morgan fingerprint density at radius 3 is 1.74 bits per heavy atom. The molecule has 2 heterocycles. The van der Waals surface area contributed by atoms with Crippen molar-refractivity contribution in [1.82, 2.24) is 0 Å². The van der Waals surface area contributed by atoms with Gasteiger partial charge in [0, 0.05) is 18.2 Å². The number of ketones is 2. The van der Waals surface area contributed by atoms with Crippen LogP contribution in [0.3, 0.4) is 0 Å². The Morgan fingerprint density at radius 1 is 0.595 bits per heavy atom. The number of phenolic OH excluding ortho intramolecular Hbond substituents is 2. The molecule has 0 spiro atoms. The van der Waals surface area contributed by atoms with Gasteiger partial charge in [-0.05, 0) is 47.5 Å². The maximum atomic E-state index is 14.2. The third kappa shape index (κ3) is 4.52. The van der Waals surface area contributed by atoms with Crippen LogP contribution in [0.1, 0.15) is 43.7 Å². The zero-order valence-corrected chi connectivity index (χ0v) is 23.1. The van der Waals surface area contributed by atoms with Crippen LogP contribution in [0.25, 0.3) is 0 Å². The van der Waals surface area contributed by atoms with Gasteiger partial charge in [-0.1, -0.05) is 24.3 Å². The second kappa shape index (κ2) is 10.7. The molecule has 0 aliphatic carbocycles. The molecule has 2 aliphatic heterocycles. The number of hydrogen-bond donors (Lipinski definition) is 2. The number of aromatic hydroxyl groups is 2. The van der Waals surface area contributed by atoms with E-state index in [0.717, 1.165) is 0 Å². The highest BCUT2D eigenvalue weighted by Gasteiger charge is 2.51. The molecule has 4 aromatic rings. The van der Waals surface area contributed by atoms with E-state index in [1.807, 2.05) is 0 Å². The molecule has 2 N–H and O–H groups in total. The summed E-state index contributed by atoms with van der Waals surface area (Å²) < 4.78 is 29.1. The van der Waals surface area contributed by atoms with Crippen LogP contribution in [0, 0.1) is 0 Å². The molecule has 214 valence electrons. The quantitative estimate of drug-likeness (QED) is 0.320. The fraction of sp³-hybridized carbons (Fsp3) is 0.212. The van der Waals surface area contributed by atoms with Crippen LogP contribution in [0.5, 0.6) is 40.2 Å². The van der Waals surface area contributed by atoms with Crippen LogP contribution in [0.15, 0.2) is 78.9 Å². The second-order valence-electron chi connectivity index (χ2n) is 10.1. The molecule has 0 amide bonds. The van der Waals surface area contributed by atoms with Crippen LogP contribution < -0.4 is 23.7 Å². The summed E-state index contributed by atoms with van der Waals surface area (Å²) in [5, 5.41) is 20.8. The van der Waals surface area contributed by atoms with Gasteiger partial charge in [0.1, 0.15) is 45.8 Å². The largest absolute Gasteiger partial charge is 0.508 e. The molecule has 0 fully saturated rings. The summed E-state index contributed by atoms with van der Waals surface area (Å²) in [4.78, 5) is 28.4. The maximum Gasteiger partial charge on any atom is 0.181 e. The minimum absolute atomic E-state index is 0.00433. The summed E-state index contributed by atoms with van der Waals surface area (Å²) in [5.74, 6) is -0.950. The molecular weight excluding hydrogens is 540 g/mol. The van der Waals surface area contributed by atoms with Crippen LogP contribution in [0.4, 0.5) is 0 Å². The third-order valence-corrected chi connectivity index (χ3v) is 7.79. The first kappa shape index (κ1) is 27.0. The lowest BCUT2D eigenvalue weighted by Gasteiger charge is -2.42. The lowest BCUT2D eigenvalue weighted by atomic mass is 9.74. The van der Waals surface area contributed by atoms with Crippen molar-refractivity contribution in [2.75, 3.05) is 21.3 Å². The lowest BCUT2D eigenvalue weighted by Crippen LogP contribution is -2.52. The van der Waals surface area contributed by atoms with Gasteiger partial charge in [-0.25, -0.2) is 0 Å². The fourth-order valence-electron chi connectivity index (χ4n) is 5.70. The molecular formula is C33H28O9. The van der Waals surface area contributed by atoms with E-state index in [2.05, 4.69) is 0 Å². The summed E-state index contributed by atoms with van der Waals surface area (Å²) in [6.07, 6.45) is -2.02. The highest BCUT2D eigenvalue weighted by atomic mass is 16.5. The third-order valence-electron chi connectivity index (χ3n) is 7.79. The van der Waals surface area contributed by atoms with Crippen molar-refractivity contribution < 1.29 is 43.5 Å². The van der Waals surface area contributed by atoms with Gasteiger partial charge < -0.3 is 33.9 Å². The maximum absolute atomic E-state index is 14.2. The molecule has 2 aliphatic rings. The Balaban J connectivity index is 1.55. The summed E-state index contributed by atoms with van der Waals surface area (Å²) in [7, 11) is 4.52. The van der Waals surface area contributed by atoms with Crippen molar-refractivity contribution >= 4 is 11.6 Å². The van der Waals surface area contributed by atoms with Gasteiger partial charge in [-0.15, -0.1) is 0 Å². The van der Waals surface area contributed by atoms with E-state index < -0.39 is 29.8 Å². The molecule has 4 unspecified atom stereocenters. The number of rotatable bonds is 6. The van der Waals surface area contributed by atoms with Crippen molar-refractivity contribution in [3.05, 3.63) is 101 Å². The number of carbonyl (C=O) groups excluding carboxylic acids is 2. The zero-order valence-electron chi connectivity index (χ0n) is 23.1. The number of hydrogen-bond acceptors (Lipinski definition) is 9. The molecule has 0 radical (unpaired) electrons. The number of fused-ring (bicyclic) bond motifs is 2. The minimum atomic E-state index is -1.03. The molecule has 4 aromatic carbocycles. The number of phenols is 2. The van der Waals surface area contributed by atoms with Crippen LogP contribution in [-0.4, -0.2) is 55.3 Å². The molecule has 0 saturated carbocycles. The molecule has 9 heteroatoms. The smallest absolute Gasteiger partial charge is 0.181 e. The van der Waals surface area contributed by atoms with E-state index in [1.54, 1.807) is 61.7 Å². The number of benzene rings is 4.